The molecule has 9 atom stereocenters. The molecule has 9 unspecified atom stereocenters. The van der Waals surface area contributed by atoms with E-state index in [9.17, 15) is 14.4 Å². The highest BCUT2D eigenvalue weighted by Gasteiger charge is 2.70. The maximum Gasteiger partial charge on any atom is 0.434 e. The van der Waals surface area contributed by atoms with Crippen LogP contribution < -0.4 is 5.32 Å². The van der Waals surface area contributed by atoms with Crippen LogP contribution in [0.15, 0.2) is 11.6 Å². The summed E-state index contributed by atoms with van der Waals surface area (Å²) in [6.07, 6.45) is 11.0. The summed E-state index contributed by atoms with van der Waals surface area (Å²) in [4.78, 5) is 45.5. The molecule has 0 bridgehead atoms. The van der Waals surface area contributed by atoms with E-state index in [1.54, 1.807) is 6.92 Å². The molecule has 5 aliphatic rings. The second kappa shape index (κ2) is 11.4. The number of ketones is 2. The van der Waals surface area contributed by atoms with Gasteiger partial charge in [-0.25, -0.2) is 4.79 Å². The van der Waals surface area contributed by atoms with Crippen LogP contribution in [0.5, 0.6) is 0 Å². The Kier molecular flexibility index (Phi) is 8.83. The molecule has 1 N–H and O–H groups in total. The predicted octanol–water partition coefficient (Wildman–Crippen LogP) is 8.31. The van der Waals surface area contributed by atoms with Gasteiger partial charge in [0, 0.05) is 23.9 Å². The summed E-state index contributed by atoms with van der Waals surface area (Å²) in [5, 5.41) is 5.08. The van der Waals surface area contributed by atoms with Crippen LogP contribution in [-0.4, -0.2) is 54.6 Å². The number of amides is 1. The Labute approximate surface area is 279 Å². The maximum absolute atomic E-state index is 14.7. The van der Waals surface area contributed by atoms with Crippen LogP contribution in [0.2, 0.25) is 0 Å². The van der Waals surface area contributed by atoms with Crippen molar-refractivity contribution in [2.24, 2.45) is 50.2 Å². The summed E-state index contributed by atoms with van der Waals surface area (Å²) in [6, 6.07) is 0.273. The lowest BCUT2D eigenvalue weighted by molar-refractivity contribution is -0.189. The highest BCUT2D eigenvalue weighted by molar-refractivity contribution is 5.95. The van der Waals surface area contributed by atoms with E-state index in [4.69, 9.17) is 9.57 Å². The fourth-order valence-corrected chi connectivity index (χ4v) is 11.8. The molecule has 0 spiro atoms. The van der Waals surface area contributed by atoms with Crippen molar-refractivity contribution in [3.8, 4) is 0 Å². The molecular formula is C39H64N2O5. The number of rotatable bonds is 6. The smallest absolute Gasteiger partial charge is 0.434 e. The summed E-state index contributed by atoms with van der Waals surface area (Å²) in [5.41, 5.74) is 0.403. The lowest BCUT2D eigenvalue weighted by atomic mass is 9.33. The molecule has 0 radical (unpaired) electrons. The van der Waals surface area contributed by atoms with Gasteiger partial charge in [-0.2, -0.15) is 5.06 Å². The predicted molar refractivity (Wildman–Crippen MR) is 182 cm³/mol. The Bertz CT molecular complexity index is 1280. The van der Waals surface area contributed by atoms with Crippen molar-refractivity contribution in [1.29, 1.82) is 0 Å². The fourth-order valence-electron chi connectivity index (χ4n) is 11.8. The average Bonchev–Trinajstić information content (AvgIpc) is 2.93. The molecule has 1 amide bonds. The number of hydroxylamine groups is 2. The second-order valence-electron chi connectivity index (χ2n) is 18.9. The largest absolute Gasteiger partial charge is 0.442 e. The van der Waals surface area contributed by atoms with Crippen LogP contribution >= 0.6 is 0 Å². The minimum atomic E-state index is -0.584. The first-order valence-corrected chi connectivity index (χ1v) is 18.1. The second-order valence-corrected chi connectivity index (χ2v) is 18.9. The van der Waals surface area contributed by atoms with Crippen LogP contribution in [0, 0.1) is 50.2 Å². The van der Waals surface area contributed by atoms with Crippen molar-refractivity contribution in [1.82, 2.24) is 10.4 Å². The van der Waals surface area contributed by atoms with Crippen molar-refractivity contribution in [2.75, 3.05) is 20.2 Å². The van der Waals surface area contributed by atoms with Gasteiger partial charge in [-0.15, -0.1) is 0 Å². The molecule has 0 aliphatic heterocycles. The van der Waals surface area contributed by atoms with Gasteiger partial charge in [0.05, 0.1) is 13.7 Å². The van der Waals surface area contributed by atoms with Gasteiger partial charge in [0.15, 0.2) is 5.78 Å². The van der Waals surface area contributed by atoms with Gasteiger partial charge in [-0.3, -0.25) is 14.4 Å². The number of carbonyl (C=O) groups is 3. The zero-order valence-corrected chi connectivity index (χ0v) is 31.2. The fraction of sp³-hybridized carbons (Fsp3) is 0.872. The number of Topliss-reactive ketones (excluding diaryl/α,β-unsaturated/α-hetero) is 1. The number of carbonyl (C=O) groups excluding carboxylic acids is 3. The summed E-state index contributed by atoms with van der Waals surface area (Å²) in [7, 11) is 1.50. The third kappa shape index (κ3) is 5.42. The van der Waals surface area contributed by atoms with Crippen LogP contribution in [0.3, 0.4) is 0 Å². The summed E-state index contributed by atoms with van der Waals surface area (Å²) in [5.74, 6) is 1.34. The van der Waals surface area contributed by atoms with Gasteiger partial charge in [0.25, 0.3) is 0 Å². The quantitative estimate of drug-likeness (QED) is 0.294. The Hall–Kier alpha value is -1.73. The molecule has 46 heavy (non-hydrogen) atoms. The molecule has 0 saturated heterocycles. The van der Waals surface area contributed by atoms with E-state index in [1.165, 1.54) is 24.2 Å². The molecule has 7 heteroatoms. The van der Waals surface area contributed by atoms with Gasteiger partial charge in [0.2, 0.25) is 0 Å². The monoisotopic (exact) mass is 640 g/mol. The summed E-state index contributed by atoms with van der Waals surface area (Å²) in [6.45, 7) is 25.1. The van der Waals surface area contributed by atoms with E-state index < -0.39 is 11.7 Å². The van der Waals surface area contributed by atoms with Gasteiger partial charge in [-0.1, -0.05) is 54.0 Å². The highest BCUT2D eigenvalue weighted by atomic mass is 16.7. The number of hydrogen-bond donors (Lipinski definition) is 1. The molecule has 4 saturated carbocycles. The molecule has 0 aromatic rings. The number of ether oxygens (including phenoxy) is 1. The molecule has 5 aliphatic carbocycles. The van der Waals surface area contributed by atoms with Crippen LogP contribution in [0.4, 0.5) is 4.79 Å². The van der Waals surface area contributed by atoms with E-state index in [0.29, 0.717) is 36.5 Å². The van der Waals surface area contributed by atoms with E-state index in [1.807, 2.05) is 20.8 Å². The topological polar surface area (TPSA) is 84.9 Å². The standard InChI is InChI=1S/C39H64N2O5/c1-25(42)36(8)18-17-35(7)19-20-38(10)26(27(35)24-36)23-28(43)31-37(9)15-14-30(34(5,6)29(37)13-16-39(31,38)11)40-21-22-41(45-12)32(44)46-33(2,3)4/h23,27,29-31,40H,13-22,24H2,1-12H3. The van der Waals surface area contributed by atoms with Gasteiger partial charge < -0.3 is 10.1 Å². The molecule has 0 heterocycles. The van der Waals surface area contributed by atoms with E-state index in [2.05, 4.69) is 59.9 Å². The molecule has 5 rings (SSSR count). The first-order chi connectivity index (χ1) is 21.1. The Morgan fingerprint density at radius 1 is 0.957 bits per heavy atom. The summed E-state index contributed by atoms with van der Waals surface area (Å²) >= 11 is 0. The number of allylic oxidation sites excluding steroid dienone is 2. The van der Waals surface area contributed by atoms with E-state index >= 15 is 0 Å². The normalized spacial score (nSPS) is 43.3. The number of nitrogens with zero attached hydrogens (tertiary/aromatic N) is 1. The first kappa shape index (κ1) is 35.6. The molecule has 0 aromatic carbocycles. The van der Waals surface area contributed by atoms with E-state index in [-0.39, 0.29) is 44.4 Å². The van der Waals surface area contributed by atoms with Gasteiger partial charge in [0.1, 0.15) is 11.4 Å². The van der Waals surface area contributed by atoms with Crippen molar-refractivity contribution in [2.45, 2.75) is 146 Å². The first-order valence-electron chi connectivity index (χ1n) is 18.1. The minimum absolute atomic E-state index is 0.00369. The Morgan fingerprint density at radius 3 is 2.22 bits per heavy atom. The van der Waals surface area contributed by atoms with Crippen molar-refractivity contribution in [3.63, 3.8) is 0 Å². The van der Waals surface area contributed by atoms with Crippen molar-refractivity contribution in [3.05, 3.63) is 11.6 Å². The zero-order chi connectivity index (χ0) is 34.3. The maximum atomic E-state index is 14.7. The van der Waals surface area contributed by atoms with Gasteiger partial charge in [-0.05, 0) is 130 Å². The Balaban J connectivity index is 1.38. The molecule has 260 valence electrons. The number of fused-ring (bicyclic) bond motifs is 7. The van der Waals surface area contributed by atoms with Crippen LogP contribution in [0.1, 0.15) is 134 Å². The van der Waals surface area contributed by atoms with Crippen molar-refractivity contribution < 1.29 is 24.0 Å². The highest BCUT2D eigenvalue weighted by Crippen LogP contribution is 2.75. The van der Waals surface area contributed by atoms with Crippen LogP contribution in [-0.2, 0) is 19.2 Å². The third-order valence-corrected chi connectivity index (χ3v) is 15.0. The third-order valence-electron chi connectivity index (χ3n) is 15.0. The summed E-state index contributed by atoms with van der Waals surface area (Å²) < 4.78 is 5.51. The molecule has 4 fully saturated rings. The lowest BCUT2D eigenvalue weighted by Crippen LogP contribution is -2.67. The molecule has 7 nitrogen and oxygen atoms in total. The minimum Gasteiger partial charge on any atom is -0.442 e. The lowest BCUT2D eigenvalue weighted by Gasteiger charge is -2.70. The number of nitrogens with one attached hydrogen (secondary N) is 1. The SMILES string of the molecule is CON(CCNC1CCC2(C)C(CCC3(C)C2C(=O)C=C2C4CC(C)(C(C)=O)CCC4(C)CCC23C)C1(C)C)C(=O)OC(C)(C)C. The van der Waals surface area contributed by atoms with Gasteiger partial charge >= 0.3 is 6.09 Å². The number of hydrogen-bond acceptors (Lipinski definition) is 6. The molecule has 0 aromatic heterocycles. The average molecular weight is 641 g/mol. The zero-order valence-electron chi connectivity index (χ0n) is 31.2. The van der Waals surface area contributed by atoms with Crippen LogP contribution in [0.25, 0.3) is 0 Å². The Morgan fingerprint density at radius 2 is 1.61 bits per heavy atom. The molecular weight excluding hydrogens is 576 g/mol. The van der Waals surface area contributed by atoms with Crippen molar-refractivity contribution >= 4 is 17.7 Å². The van der Waals surface area contributed by atoms with E-state index in [0.717, 1.165) is 51.4 Å².